The number of para-hydroxylation sites is 1. The molecule has 0 bridgehead atoms. The van der Waals surface area contributed by atoms with E-state index in [0.717, 1.165) is 10.2 Å². The van der Waals surface area contributed by atoms with Crippen LogP contribution in [0.3, 0.4) is 0 Å². The summed E-state index contributed by atoms with van der Waals surface area (Å²) in [5.74, 6) is 0.586. The maximum atomic E-state index is 6.01. The molecule has 0 aliphatic rings. The number of nitrogens with two attached hydrogens (primary N) is 1. The zero-order chi connectivity index (χ0) is 11.5. The van der Waals surface area contributed by atoms with Crippen molar-refractivity contribution >= 4 is 44.7 Å². The van der Waals surface area contributed by atoms with Crippen molar-refractivity contribution in [1.82, 2.24) is 4.98 Å². The molecule has 0 atom stereocenters. The standard InChI is InChI=1S/C11H9BrClN3/c12-8-3-1-2-4-10(8)16-11-9(13)5-7(14)6-15-11/h1-6H,14H2,(H,15,16). The van der Waals surface area contributed by atoms with Crippen molar-refractivity contribution < 1.29 is 0 Å². The molecule has 3 N–H and O–H groups in total. The number of nitrogens with one attached hydrogen (secondary N) is 1. The lowest BCUT2D eigenvalue weighted by molar-refractivity contribution is 1.31. The van der Waals surface area contributed by atoms with Gasteiger partial charge in [0.25, 0.3) is 0 Å². The molecule has 1 heterocycles. The van der Waals surface area contributed by atoms with Crippen molar-refractivity contribution in [2.75, 3.05) is 11.1 Å². The topological polar surface area (TPSA) is 50.9 Å². The third-order valence-electron chi connectivity index (χ3n) is 1.99. The molecule has 0 unspecified atom stereocenters. The molecule has 2 aromatic rings. The molecule has 1 aromatic carbocycles. The Hall–Kier alpha value is -1.26. The van der Waals surface area contributed by atoms with Crippen LogP contribution in [0.15, 0.2) is 41.0 Å². The maximum Gasteiger partial charge on any atom is 0.149 e. The summed E-state index contributed by atoms with van der Waals surface area (Å²) in [6, 6.07) is 9.39. The van der Waals surface area contributed by atoms with Crippen LogP contribution in [0.5, 0.6) is 0 Å². The zero-order valence-corrected chi connectivity index (χ0v) is 10.6. The first-order valence-corrected chi connectivity index (χ1v) is 5.76. The molecule has 2 rings (SSSR count). The van der Waals surface area contributed by atoms with Crippen LogP contribution in [0.4, 0.5) is 17.2 Å². The van der Waals surface area contributed by atoms with Gasteiger partial charge < -0.3 is 11.1 Å². The van der Waals surface area contributed by atoms with Crippen LogP contribution in [-0.2, 0) is 0 Å². The second-order valence-electron chi connectivity index (χ2n) is 3.20. The third kappa shape index (κ3) is 2.46. The van der Waals surface area contributed by atoms with E-state index in [4.69, 9.17) is 17.3 Å². The SMILES string of the molecule is Nc1cnc(Nc2ccccc2Br)c(Cl)c1. The second-order valence-corrected chi connectivity index (χ2v) is 4.47. The Morgan fingerprint density at radius 1 is 1.31 bits per heavy atom. The van der Waals surface area contributed by atoms with Crippen LogP contribution >= 0.6 is 27.5 Å². The predicted molar refractivity (Wildman–Crippen MR) is 71.1 cm³/mol. The number of hydrogen-bond acceptors (Lipinski definition) is 3. The van der Waals surface area contributed by atoms with Crippen molar-refractivity contribution in [2.24, 2.45) is 0 Å². The highest BCUT2D eigenvalue weighted by atomic mass is 79.9. The molecular weight excluding hydrogens is 289 g/mol. The molecule has 0 saturated heterocycles. The molecule has 0 saturated carbocycles. The first kappa shape index (κ1) is 11.2. The van der Waals surface area contributed by atoms with Crippen molar-refractivity contribution in [2.45, 2.75) is 0 Å². The van der Waals surface area contributed by atoms with Crippen LogP contribution in [-0.4, -0.2) is 4.98 Å². The number of aromatic nitrogens is 1. The first-order chi connectivity index (χ1) is 7.66. The Bertz CT molecular complexity index is 516. The summed E-state index contributed by atoms with van der Waals surface area (Å²) in [6.45, 7) is 0. The Morgan fingerprint density at radius 2 is 2.06 bits per heavy atom. The lowest BCUT2D eigenvalue weighted by Gasteiger charge is -2.09. The number of nitrogen functional groups attached to an aromatic ring is 1. The minimum absolute atomic E-state index is 0.496. The molecule has 5 heteroatoms. The first-order valence-electron chi connectivity index (χ1n) is 4.59. The summed E-state index contributed by atoms with van der Waals surface area (Å²) in [7, 11) is 0. The van der Waals surface area contributed by atoms with Crippen molar-refractivity contribution in [1.29, 1.82) is 0 Å². The van der Waals surface area contributed by atoms with Gasteiger partial charge in [0.2, 0.25) is 0 Å². The second kappa shape index (κ2) is 4.72. The molecule has 0 fully saturated rings. The van der Waals surface area contributed by atoms with E-state index in [-0.39, 0.29) is 0 Å². The quantitative estimate of drug-likeness (QED) is 0.886. The number of anilines is 3. The van der Waals surface area contributed by atoms with E-state index < -0.39 is 0 Å². The number of nitrogens with zero attached hydrogens (tertiary/aromatic N) is 1. The van der Waals surface area contributed by atoms with Gasteiger partial charge in [-0.2, -0.15) is 0 Å². The highest BCUT2D eigenvalue weighted by Crippen LogP contribution is 2.28. The summed E-state index contributed by atoms with van der Waals surface area (Å²) < 4.78 is 0.949. The van der Waals surface area contributed by atoms with E-state index in [1.165, 1.54) is 0 Å². The van der Waals surface area contributed by atoms with E-state index >= 15 is 0 Å². The molecule has 0 spiro atoms. The monoisotopic (exact) mass is 297 g/mol. The fourth-order valence-electron chi connectivity index (χ4n) is 1.23. The van der Waals surface area contributed by atoms with Gasteiger partial charge in [-0.3, -0.25) is 0 Å². The Balaban J connectivity index is 2.31. The smallest absolute Gasteiger partial charge is 0.149 e. The summed E-state index contributed by atoms with van der Waals surface area (Å²) in [5.41, 5.74) is 7.02. The Labute approximate surface area is 107 Å². The summed E-state index contributed by atoms with van der Waals surface area (Å²) >= 11 is 9.45. The van der Waals surface area contributed by atoms with Crippen LogP contribution in [0.1, 0.15) is 0 Å². The summed E-state index contributed by atoms with van der Waals surface area (Å²) in [6.07, 6.45) is 1.56. The molecule has 1 aromatic heterocycles. The van der Waals surface area contributed by atoms with E-state index in [1.54, 1.807) is 12.3 Å². The van der Waals surface area contributed by atoms with Gasteiger partial charge in [-0.25, -0.2) is 4.98 Å². The van der Waals surface area contributed by atoms with E-state index in [0.29, 0.717) is 16.5 Å². The molecule has 0 amide bonds. The number of rotatable bonds is 2. The van der Waals surface area contributed by atoms with Gasteiger partial charge in [0.15, 0.2) is 0 Å². The minimum atomic E-state index is 0.496. The lowest BCUT2D eigenvalue weighted by atomic mass is 10.3. The molecular formula is C11H9BrClN3. The summed E-state index contributed by atoms with van der Waals surface area (Å²) in [5, 5.41) is 3.62. The predicted octanol–water partition coefficient (Wildman–Crippen LogP) is 3.82. The summed E-state index contributed by atoms with van der Waals surface area (Å²) in [4.78, 5) is 4.13. The number of benzene rings is 1. The normalized spacial score (nSPS) is 10.1. The van der Waals surface area contributed by atoms with Crippen molar-refractivity contribution in [3.63, 3.8) is 0 Å². The average Bonchev–Trinajstić information content (AvgIpc) is 2.25. The number of pyridine rings is 1. The van der Waals surface area contributed by atoms with E-state index in [1.807, 2.05) is 24.3 Å². The van der Waals surface area contributed by atoms with E-state index in [9.17, 15) is 0 Å². The Morgan fingerprint density at radius 3 is 2.75 bits per heavy atom. The van der Waals surface area contributed by atoms with Crippen molar-refractivity contribution in [3.8, 4) is 0 Å². The highest BCUT2D eigenvalue weighted by Gasteiger charge is 2.04. The van der Waals surface area contributed by atoms with Gasteiger partial charge in [-0.05, 0) is 34.1 Å². The third-order valence-corrected chi connectivity index (χ3v) is 2.97. The van der Waals surface area contributed by atoms with Crippen LogP contribution in [0, 0.1) is 0 Å². The number of halogens is 2. The van der Waals surface area contributed by atoms with Gasteiger partial charge in [-0.15, -0.1) is 0 Å². The maximum absolute atomic E-state index is 6.01. The van der Waals surface area contributed by atoms with Crippen LogP contribution in [0.25, 0.3) is 0 Å². The zero-order valence-electron chi connectivity index (χ0n) is 8.24. The van der Waals surface area contributed by atoms with Crippen LogP contribution < -0.4 is 11.1 Å². The molecule has 0 radical (unpaired) electrons. The van der Waals surface area contributed by atoms with Gasteiger partial charge in [-0.1, -0.05) is 23.7 Å². The average molecular weight is 299 g/mol. The van der Waals surface area contributed by atoms with Gasteiger partial charge in [0, 0.05) is 4.47 Å². The minimum Gasteiger partial charge on any atom is -0.397 e. The molecule has 16 heavy (non-hydrogen) atoms. The van der Waals surface area contributed by atoms with Gasteiger partial charge >= 0.3 is 0 Å². The molecule has 0 aliphatic heterocycles. The van der Waals surface area contributed by atoms with Gasteiger partial charge in [0.05, 0.1) is 22.6 Å². The van der Waals surface area contributed by atoms with Crippen molar-refractivity contribution in [3.05, 3.63) is 46.0 Å². The fraction of sp³-hybridized carbons (Fsp3) is 0. The largest absolute Gasteiger partial charge is 0.397 e. The molecule has 0 aliphatic carbocycles. The molecule has 3 nitrogen and oxygen atoms in total. The Kier molecular flexibility index (Phi) is 3.31. The highest BCUT2D eigenvalue weighted by molar-refractivity contribution is 9.10. The number of hydrogen-bond donors (Lipinski definition) is 2. The fourth-order valence-corrected chi connectivity index (χ4v) is 1.84. The van der Waals surface area contributed by atoms with Crippen LogP contribution in [0.2, 0.25) is 5.02 Å². The van der Waals surface area contributed by atoms with Gasteiger partial charge in [0.1, 0.15) is 5.82 Å². The van der Waals surface area contributed by atoms with E-state index in [2.05, 4.69) is 26.2 Å². The molecule has 82 valence electrons. The lowest BCUT2D eigenvalue weighted by Crippen LogP contribution is -1.96.